The predicted molar refractivity (Wildman–Crippen MR) is 109 cm³/mol. The second-order valence-corrected chi connectivity index (χ2v) is 8.33. The largest absolute Gasteiger partial charge is 0.522 e. The second-order valence-electron chi connectivity index (χ2n) is 6.56. The smallest absolute Gasteiger partial charge is 0.473 e. The van der Waals surface area contributed by atoms with Gasteiger partial charge in [-0.15, -0.1) is 24.5 Å². The van der Waals surface area contributed by atoms with E-state index in [1.165, 1.54) is 16.2 Å². The first-order valence-corrected chi connectivity index (χ1v) is 10.9. The van der Waals surface area contributed by atoms with E-state index < -0.39 is 25.7 Å². The van der Waals surface area contributed by atoms with Gasteiger partial charge in [-0.3, -0.25) is 9.53 Å². The van der Waals surface area contributed by atoms with Gasteiger partial charge in [-0.1, -0.05) is 0 Å². The van der Waals surface area contributed by atoms with Crippen LogP contribution in [0.4, 0.5) is 18.0 Å². The molecule has 0 saturated carbocycles. The minimum absolute atomic E-state index is 0.221. The van der Waals surface area contributed by atoms with Crippen molar-refractivity contribution in [1.29, 1.82) is 0 Å². The lowest BCUT2D eigenvalue weighted by Gasteiger charge is -2.31. The van der Waals surface area contributed by atoms with Gasteiger partial charge in [0.05, 0.1) is 26.9 Å². The van der Waals surface area contributed by atoms with Crippen molar-refractivity contribution in [3.05, 3.63) is 21.5 Å². The Hall–Kier alpha value is -2.12. The number of likely N-dealkylation sites (tertiary alicyclic amines) is 1. The van der Waals surface area contributed by atoms with Gasteiger partial charge < -0.3 is 19.7 Å². The number of hydrogen-bond donors (Lipinski definition) is 1. The van der Waals surface area contributed by atoms with E-state index in [-0.39, 0.29) is 12.0 Å². The van der Waals surface area contributed by atoms with Gasteiger partial charge in [0.25, 0.3) is 5.91 Å². The molecule has 0 spiro atoms. The maximum absolute atomic E-state index is 12.0. The summed E-state index contributed by atoms with van der Waals surface area (Å²) >= 11 is 4.84. The Balaban J connectivity index is 1.53. The highest BCUT2D eigenvalue weighted by atomic mass is 79.9. The molecule has 1 N–H and O–H groups in total. The molecule has 170 valence electrons. The summed E-state index contributed by atoms with van der Waals surface area (Å²) in [6, 6.07) is 1.84. The summed E-state index contributed by atoms with van der Waals surface area (Å²) in [4.78, 5) is 29.9. The summed E-state index contributed by atoms with van der Waals surface area (Å²) in [5.74, 6) is 0.112. The van der Waals surface area contributed by atoms with Gasteiger partial charge in [-0.2, -0.15) is 0 Å². The van der Waals surface area contributed by atoms with Gasteiger partial charge >= 0.3 is 12.5 Å². The Kier molecular flexibility index (Phi) is 7.59. The van der Waals surface area contributed by atoms with Crippen LogP contribution in [0.2, 0.25) is 0 Å². The quantitative estimate of drug-likeness (QED) is 0.574. The molecule has 13 heteroatoms. The SMILES string of the molecule is CNC(=O)c1csc2cc(Br)c(OC3CCN(C(=O)OCCOC(F)(F)F)CC3)nc12. The number of carbonyl (C=O) groups is 2. The van der Waals surface area contributed by atoms with Crippen LogP contribution in [0.1, 0.15) is 23.2 Å². The molecule has 1 aliphatic heterocycles. The molecule has 0 bridgehead atoms. The van der Waals surface area contributed by atoms with Gasteiger partial charge in [0.2, 0.25) is 5.88 Å². The first-order valence-electron chi connectivity index (χ1n) is 9.27. The van der Waals surface area contributed by atoms with Crippen LogP contribution in [-0.2, 0) is 9.47 Å². The maximum atomic E-state index is 12.0. The summed E-state index contributed by atoms with van der Waals surface area (Å²) in [5.41, 5.74) is 1.01. The lowest BCUT2D eigenvalue weighted by molar-refractivity contribution is -0.326. The van der Waals surface area contributed by atoms with Crippen LogP contribution in [0.15, 0.2) is 15.9 Å². The van der Waals surface area contributed by atoms with Gasteiger partial charge in [-0.25, -0.2) is 9.78 Å². The normalized spacial score (nSPS) is 15.2. The number of nitrogens with zero attached hydrogens (tertiary/aromatic N) is 2. The Morgan fingerprint density at radius 3 is 2.68 bits per heavy atom. The topological polar surface area (TPSA) is 90.0 Å². The van der Waals surface area contributed by atoms with Crippen molar-refractivity contribution >= 4 is 49.5 Å². The van der Waals surface area contributed by atoms with E-state index in [1.54, 1.807) is 12.4 Å². The molecule has 2 aromatic heterocycles. The Labute approximate surface area is 187 Å². The van der Waals surface area contributed by atoms with Crippen molar-refractivity contribution < 1.29 is 37.0 Å². The van der Waals surface area contributed by atoms with Crippen molar-refractivity contribution in [1.82, 2.24) is 15.2 Å². The first-order chi connectivity index (χ1) is 14.7. The number of piperidine rings is 1. The number of rotatable bonds is 6. The summed E-state index contributed by atoms with van der Waals surface area (Å²) in [6.45, 7) is -0.589. The number of hydrogen-bond acceptors (Lipinski definition) is 7. The molecule has 0 aliphatic carbocycles. The van der Waals surface area contributed by atoms with Crippen LogP contribution in [0, 0.1) is 0 Å². The van der Waals surface area contributed by atoms with E-state index in [1.807, 2.05) is 6.07 Å². The third-order valence-electron chi connectivity index (χ3n) is 4.49. The zero-order valence-electron chi connectivity index (χ0n) is 16.3. The van der Waals surface area contributed by atoms with Crippen molar-refractivity contribution in [2.24, 2.45) is 0 Å². The molecule has 31 heavy (non-hydrogen) atoms. The van der Waals surface area contributed by atoms with E-state index in [9.17, 15) is 22.8 Å². The zero-order valence-corrected chi connectivity index (χ0v) is 18.7. The standard InChI is InChI=1S/C18H19BrF3N3O5S/c1-23-15(26)11-9-31-13-8-12(19)16(24-14(11)13)30-10-2-4-25(5-3-10)17(27)28-6-7-29-18(20,21)22/h8-10H,2-7H2,1H3,(H,23,26). The number of thiophene rings is 1. The van der Waals surface area contributed by atoms with E-state index in [0.29, 0.717) is 47.4 Å². The molecule has 1 fully saturated rings. The molecular weight excluding hydrogens is 507 g/mol. The minimum atomic E-state index is -4.75. The number of halogens is 4. The lowest BCUT2D eigenvalue weighted by atomic mass is 10.1. The number of carbonyl (C=O) groups excluding carboxylic acids is 2. The summed E-state index contributed by atoms with van der Waals surface area (Å²) in [5, 5.41) is 4.31. The van der Waals surface area contributed by atoms with Crippen LogP contribution in [0.5, 0.6) is 5.88 Å². The maximum Gasteiger partial charge on any atom is 0.522 e. The van der Waals surface area contributed by atoms with Gasteiger partial charge in [0.15, 0.2) is 0 Å². The molecule has 1 aliphatic rings. The number of alkyl halides is 3. The molecule has 0 aromatic carbocycles. The molecule has 2 amide bonds. The number of nitrogens with one attached hydrogen (secondary N) is 1. The van der Waals surface area contributed by atoms with Crippen LogP contribution >= 0.6 is 27.3 Å². The Morgan fingerprint density at radius 2 is 2.03 bits per heavy atom. The van der Waals surface area contributed by atoms with Gasteiger partial charge in [-0.05, 0) is 22.0 Å². The van der Waals surface area contributed by atoms with Crippen molar-refractivity contribution in [3.63, 3.8) is 0 Å². The van der Waals surface area contributed by atoms with Crippen LogP contribution < -0.4 is 10.1 Å². The number of pyridine rings is 1. The fourth-order valence-corrected chi connectivity index (χ4v) is 4.47. The fraction of sp³-hybridized carbons (Fsp3) is 0.500. The number of aromatic nitrogens is 1. The Bertz CT molecular complexity index is 947. The average molecular weight is 526 g/mol. The predicted octanol–water partition coefficient (Wildman–Crippen LogP) is 3.93. The highest BCUT2D eigenvalue weighted by Crippen LogP contribution is 2.34. The second kappa shape index (κ2) is 10.0. The third-order valence-corrected chi connectivity index (χ3v) is 5.98. The minimum Gasteiger partial charge on any atom is -0.473 e. The summed E-state index contributed by atoms with van der Waals surface area (Å²) in [7, 11) is 1.55. The molecule has 2 aromatic rings. The molecule has 0 unspecified atom stereocenters. The molecule has 1 saturated heterocycles. The lowest BCUT2D eigenvalue weighted by Crippen LogP contribution is -2.42. The molecule has 0 radical (unpaired) electrons. The fourth-order valence-electron chi connectivity index (χ4n) is 2.99. The number of ether oxygens (including phenoxy) is 3. The van der Waals surface area contributed by atoms with Gasteiger partial charge in [0, 0.05) is 38.4 Å². The molecule has 3 rings (SSSR count). The molecule has 3 heterocycles. The summed E-state index contributed by atoms with van der Waals surface area (Å²) in [6.07, 6.45) is -4.69. The summed E-state index contributed by atoms with van der Waals surface area (Å²) < 4.78 is 51.6. The van der Waals surface area contributed by atoms with Crippen LogP contribution in [0.3, 0.4) is 0 Å². The third kappa shape index (κ3) is 6.20. The Morgan fingerprint density at radius 1 is 1.32 bits per heavy atom. The van der Waals surface area contributed by atoms with Crippen LogP contribution in [-0.4, -0.2) is 67.7 Å². The number of fused-ring (bicyclic) bond motifs is 1. The first kappa shape index (κ1) is 23.5. The molecular formula is C18H19BrF3N3O5S. The zero-order chi connectivity index (χ0) is 22.6. The molecule has 0 atom stereocenters. The van der Waals surface area contributed by atoms with Crippen molar-refractivity contribution in [2.45, 2.75) is 25.3 Å². The van der Waals surface area contributed by atoms with E-state index >= 15 is 0 Å². The van der Waals surface area contributed by atoms with Gasteiger partial charge in [0.1, 0.15) is 12.7 Å². The monoisotopic (exact) mass is 525 g/mol. The highest BCUT2D eigenvalue weighted by Gasteiger charge is 2.30. The van der Waals surface area contributed by atoms with E-state index in [2.05, 4.69) is 31.0 Å². The average Bonchev–Trinajstić information content (AvgIpc) is 3.13. The van der Waals surface area contributed by atoms with E-state index in [4.69, 9.17) is 9.47 Å². The van der Waals surface area contributed by atoms with Crippen LogP contribution in [0.25, 0.3) is 10.2 Å². The van der Waals surface area contributed by atoms with Crippen molar-refractivity contribution in [2.75, 3.05) is 33.4 Å². The number of amides is 2. The van der Waals surface area contributed by atoms with E-state index in [0.717, 1.165) is 4.70 Å². The molecule has 8 nitrogen and oxygen atoms in total. The highest BCUT2D eigenvalue weighted by molar-refractivity contribution is 9.10. The van der Waals surface area contributed by atoms with Crippen molar-refractivity contribution in [3.8, 4) is 5.88 Å².